The summed E-state index contributed by atoms with van der Waals surface area (Å²) >= 11 is 2.23. The van der Waals surface area contributed by atoms with Crippen molar-refractivity contribution in [2.45, 2.75) is 17.5 Å². The molecule has 0 fully saturated rings. The van der Waals surface area contributed by atoms with Crippen LogP contribution in [0, 0.1) is 0 Å². The van der Waals surface area contributed by atoms with Gasteiger partial charge < -0.3 is 10.1 Å². The summed E-state index contributed by atoms with van der Waals surface area (Å²) < 4.78 is 42.3. The summed E-state index contributed by atoms with van der Waals surface area (Å²) in [6, 6.07) is 7.38. The second-order valence-corrected chi connectivity index (χ2v) is 6.38. The second kappa shape index (κ2) is 7.69. The molecule has 0 aliphatic rings. The van der Waals surface area contributed by atoms with Gasteiger partial charge in [-0.3, -0.25) is 4.79 Å². The molecule has 1 amide bonds. The summed E-state index contributed by atoms with van der Waals surface area (Å²) in [6.45, 7) is 0. The third-order valence-corrected chi connectivity index (χ3v) is 4.47. The number of thioether (sulfide) groups is 1. The number of halogens is 3. The number of hydrogen-bond acceptors (Lipinski definition) is 5. The molecular weight excluding hydrogens is 349 g/mol. The van der Waals surface area contributed by atoms with E-state index in [1.807, 2.05) is 24.3 Å². The first-order valence-electron chi connectivity index (χ1n) is 6.48. The summed E-state index contributed by atoms with van der Waals surface area (Å²) in [4.78, 5) is 16.0. The van der Waals surface area contributed by atoms with Crippen LogP contribution in [-0.4, -0.2) is 23.8 Å². The Morgan fingerprint density at radius 3 is 2.61 bits per heavy atom. The van der Waals surface area contributed by atoms with Crippen LogP contribution in [-0.2, 0) is 11.0 Å². The number of aromatic nitrogens is 1. The van der Waals surface area contributed by atoms with Crippen molar-refractivity contribution in [3.05, 3.63) is 35.3 Å². The molecule has 9 heteroatoms. The van der Waals surface area contributed by atoms with Gasteiger partial charge in [0.1, 0.15) is 5.75 Å². The number of ether oxygens (including phenoxy) is 1. The Hall–Kier alpha value is -1.74. The normalized spacial score (nSPS) is 11.3. The fourth-order valence-electron chi connectivity index (χ4n) is 1.58. The van der Waals surface area contributed by atoms with Gasteiger partial charge in [-0.25, -0.2) is 4.98 Å². The number of alkyl halides is 3. The average molecular weight is 362 g/mol. The highest BCUT2D eigenvalue weighted by Gasteiger charge is 2.33. The lowest BCUT2D eigenvalue weighted by Crippen LogP contribution is -2.13. The van der Waals surface area contributed by atoms with E-state index in [1.54, 1.807) is 7.11 Å². The van der Waals surface area contributed by atoms with Gasteiger partial charge in [-0.05, 0) is 24.3 Å². The Morgan fingerprint density at radius 2 is 2.04 bits per heavy atom. The quantitative estimate of drug-likeness (QED) is 0.779. The molecular formula is C14H13F3N2O2S2. The Labute approximate surface area is 139 Å². The number of hydrogen-bond donors (Lipinski definition) is 1. The van der Waals surface area contributed by atoms with E-state index >= 15 is 0 Å². The summed E-state index contributed by atoms with van der Waals surface area (Å²) in [5.74, 6) is 0.890. The average Bonchev–Trinajstić information content (AvgIpc) is 2.96. The molecule has 0 aliphatic carbocycles. The third-order valence-electron chi connectivity index (χ3n) is 2.70. The zero-order chi connectivity index (χ0) is 16.9. The lowest BCUT2D eigenvalue weighted by atomic mass is 10.3. The first-order valence-corrected chi connectivity index (χ1v) is 8.34. The topological polar surface area (TPSA) is 51.2 Å². The largest absolute Gasteiger partial charge is 0.497 e. The van der Waals surface area contributed by atoms with Gasteiger partial charge in [0.2, 0.25) is 5.91 Å². The molecule has 0 spiro atoms. The SMILES string of the molecule is COc1ccc(SCCC(=O)Nc2nc(C(F)(F)F)cs2)cc1. The first-order chi connectivity index (χ1) is 10.9. The number of amides is 1. The van der Waals surface area contributed by atoms with Crippen molar-refractivity contribution in [1.29, 1.82) is 0 Å². The Morgan fingerprint density at radius 1 is 1.35 bits per heavy atom. The Kier molecular flexibility index (Phi) is 5.89. The molecule has 0 aliphatic heterocycles. The number of methoxy groups -OCH3 is 1. The molecule has 1 aromatic carbocycles. The number of anilines is 1. The lowest BCUT2D eigenvalue weighted by molar-refractivity contribution is -0.140. The zero-order valence-electron chi connectivity index (χ0n) is 12.0. The van der Waals surface area contributed by atoms with Gasteiger partial charge in [0.15, 0.2) is 10.8 Å². The molecule has 23 heavy (non-hydrogen) atoms. The molecule has 0 radical (unpaired) electrons. The van der Waals surface area contributed by atoms with Crippen LogP contribution in [0.15, 0.2) is 34.5 Å². The number of thiazole rings is 1. The predicted octanol–water partition coefficient (Wildman–Crippen LogP) is 4.29. The van der Waals surface area contributed by atoms with E-state index in [0.717, 1.165) is 27.4 Å². The highest BCUT2D eigenvalue weighted by molar-refractivity contribution is 7.99. The highest BCUT2D eigenvalue weighted by Crippen LogP contribution is 2.31. The van der Waals surface area contributed by atoms with Gasteiger partial charge in [-0.2, -0.15) is 13.2 Å². The van der Waals surface area contributed by atoms with Crippen molar-refractivity contribution < 1.29 is 22.7 Å². The summed E-state index contributed by atoms with van der Waals surface area (Å²) in [5, 5.41) is 3.21. The van der Waals surface area contributed by atoms with Crippen molar-refractivity contribution in [3.8, 4) is 5.75 Å². The minimum atomic E-state index is -4.50. The molecule has 0 bridgehead atoms. The minimum absolute atomic E-state index is 0.0447. The smallest absolute Gasteiger partial charge is 0.434 e. The molecule has 4 nitrogen and oxygen atoms in total. The molecule has 2 aromatic rings. The minimum Gasteiger partial charge on any atom is -0.497 e. The lowest BCUT2D eigenvalue weighted by Gasteiger charge is -2.04. The molecule has 0 atom stereocenters. The van der Waals surface area contributed by atoms with E-state index in [9.17, 15) is 18.0 Å². The van der Waals surface area contributed by atoms with Crippen LogP contribution in [0.2, 0.25) is 0 Å². The van der Waals surface area contributed by atoms with Gasteiger partial charge in [-0.15, -0.1) is 23.1 Å². The van der Waals surface area contributed by atoms with E-state index in [-0.39, 0.29) is 17.5 Å². The zero-order valence-corrected chi connectivity index (χ0v) is 13.6. The van der Waals surface area contributed by atoms with Crippen LogP contribution in [0.3, 0.4) is 0 Å². The fourth-order valence-corrected chi connectivity index (χ4v) is 3.16. The fraction of sp³-hybridized carbons (Fsp3) is 0.286. The van der Waals surface area contributed by atoms with Crippen LogP contribution in [0.25, 0.3) is 0 Å². The van der Waals surface area contributed by atoms with Gasteiger partial charge >= 0.3 is 6.18 Å². The van der Waals surface area contributed by atoms with Crippen molar-refractivity contribution in [2.24, 2.45) is 0 Å². The molecule has 2 rings (SSSR count). The molecule has 0 saturated carbocycles. The number of carbonyl (C=O) groups excluding carboxylic acids is 1. The Bertz CT molecular complexity index is 657. The van der Waals surface area contributed by atoms with Crippen LogP contribution in [0.4, 0.5) is 18.3 Å². The monoisotopic (exact) mass is 362 g/mol. The van der Waals surface area contributed by atoms with Gasteiger partial charge in [0, 0.05) is 22.4 Å². The molecule has 0 saturated heterocycles. The maximum atomic E-state index is 12.4. The van der Waals surface area contributed by atoms with E-state index in [0.29, 0.717) is 5.75 Å². The highest BCUT2D eigenvalue weighted by atomic mass is 32.2. The second-order valence-electron chi connectivity index (χ2n) is 4.36. The predicted molar refractivity (Wildman–Crippen MR) is 84.1 cm³/mol. The summed E-state index contributed by atoms with van der Waals surface area (Å²) in [5.41, 5.74) is -0.995. The molecule has 124 valence electrons. The van der Waals surface area contributed by atoms with Crippen LogP contribution in [0.5, 0.6) is 5.75 Å². The summed E-state index contributed by atoms with van der Waals surface area (Å²) in [7, 11) is 1.58. The number of nitrogens with one attached hydrogen (secondary N) is 1. The van der Waals surface area contributed by atoms with Crippen molar-refractivity contribution in [1.82, 2.24) is 4.98 Å². The van der Waals surface area contributed by atoms with Gasteiger partial charge in [0.25, 0.3) is 0 Å². The van der Waals surface area contributed by atoms with Gasteiger partial charge in [0.05, 0.1) is 7.11 Å². The van der Waals surface area contributed by atoms with Gasteiger partial charge in [-0.1, -0.05) is 0 Å². The van der Waals surface area contributed by atoms with Crippen LogP contribution < -0.4 is 10.1 Å². The third kappa shape index (κ3) is 5.43. The maximum absolute atomic E-state index is 12.4. The number of rotatable bonds is 6. The summed E-state index contributed by atoms with van der Waals surface area (Å²) in [6.07, 6.45) is -4.32. The maximum Gasteiger partial charge on any atom is 0.434 e. The molecule has 1 heterocycles. The number of carbonyl (C=O) groups is 1. The van der Waals surface area contributed by atoms with Crippen molar-refractivity contribution in [2.75, 3.05) is 18.2 Å². The van der Waals surface area contributed by atoms with Crippen molar-refractivity contribution >= 4 is 34.1 Å². The molecule has 1 aromatic heterocycles. The standard InChI is InChI=1S/C14H13F3N2O2S2/c1-21-9-2-4-10(5-3-9)22-7-6-12(20)19-13-18-11(8-23-13)14(15,16)17/h2-5,8H,6-7H2,1H3,(H,18,19,20). The van der Waals surface area contributed by atoms with E-state index in [2.05, 4.69) is 10.3 Å². The van der Waals surface area contributed by atoms with E-state index < -0.39 is 11.9 Å². The van der Waals surface area contributed by atoms with E-state index in [1.165, 1.54) is 11.8 Å². The van der Waals surface area contributed by atoms with E-state index in [4.69, 9.17) is 4.74 Å². The molecule has 1 N–H and O–H groups in total. The number of benzene rings is 1. The number of nitrogens with zero attached hydrogens (tertiary/aromatic N) is 1. The van der Waals surface area contributed by atoms with Crippen LogP contribution in [0.1, 0.15) is 12.1 Å². The molecule has 0 unspecified atom stereocenters. The van der Waals surface area contributed by atoms with Crippen LogP contribution >= 0.6 is 23.1 Å². The first kappa shape index (κ1) is 17.6. The van der Waals surface area contributed by atoms with Crippen molar-refractivity contribution in [3.63, 3.8) is 0 Å². The Balaban J connectivity index is 1.77.